The highest BCUT2D eigenvalue weighted by atomic mass is 16.1. The Balaban J connectivity index is 0. The van der Waals surface area contributed by atoms with Gasteiger partial charge in [0.1, 0.15) is 5.69 Å². The lowest BCUT2D eigenvalue weighted by molar-refractivity contribution is -0.119. The van der Waals surface area contributed by atoms with E-state index in [-0.39, 0.29) is 5.91 Å². The Morgan fingerprint density at radius 2 is 2.00 bits per heavy atom. The molecular formula is C9H20N4O. The van der Waals surface area contributed by atoms with E-state index < -0.39 is 0 Å². The SMILES string of the molecule is CC.CC.CC(=O)NCc1cn[nH]n1. The monoisotopic (exact) mass is 200 g/mol. The van der Waals surface area contributed by atoms with Crippen LogP contribution in [0.5, 0.6) is 0 Å². The summed E-state index contributed by atoms with van der Waals surface area (Å²) in [4.78, 5) is 10.4. The molecule has 0 saturated carbocycles. The molecule has 1 aromatic rings. The molecule has 1 aromatic heterocycles. The number of carbonyl (C=O) groups excluding carboxylic acids is 1. The number of hydrogen-bond donors (Lipinski definition) is 2. The molecule has 0 aliphatic carbocycles. The van der Waals surface area contributed by atoms with E-state index in [0.717, 1.165) is 5.69 Å². The fourth-order valence-corrected chi connectivity index (χ4v) is 0.526. The van der Waals surface area contributed by atoms with Gasteiger partial charge in [-0.25, -0.2) is 0 Å². The molecule has 0 atom stereocenters. The van der Waals surface area contributed by atoms with E-state index in [1.807, 2.05) is 27.7 Å². The maximum Gasteiger partial charge on any atom is 0.217 e. The second-order valence-corrected chi connectivity index (χ2v) is 1.87. The Hall–Kier alpha value is -1.39. The first-order valence-electron chi connectivity index (χ1n) is 4.88. The summed E-state index contributed by atoms with van der Waals surface area (Å²) >= 11 is 0. The normalized spacial score (nSPS) is 7.50. The van der Waals surface area contributed by atoms with Crippen LogP contribution in [0.25, 0.3) is 0 Å². The molecule has 1 rings (SSSR count). The van der Waals surface area contributed by atoms with Crippen molar-refractivity contribution in [3.05, 3.63) is 11.9 Å². The number of aromatic amines is 1. The highest BCUT2D eigenvalue weighted by molar-refractivity contribution is 5.72. The van der Waals surface area contributed by atoms with Crippen molar-refractivity contribution in [1.82, 2.24) is 20.7 Å². The van der Waals surface area contributed by atoms with E-state index in [1.165, 1.54) is 6.92 Å². The summed E-state index contributed by atoms with van der Waals surface area (Å²) in [6.07, 6.45) is 1.57. The van der Waals surface area contributed by atoms with Gasteiger partial charge in [0.25, 0.3) is 0 Å². The van der Waals surface area contributed by atoms with Gasteiger partial charge in [0.15, 0.2) is 0 Å². The number of nitrogens with one attached hydrogen (secondary N) is 2. The third-order valence-corrected chi connectivity index (χ3v) is 0.983. The van der Waals surface area contributed by atoms with Crippen molar-refractivity contribution >= 4 is 5.91 Å². The molecule has 0 unspecified atom stereocenters. The summed E-state index contributed by atoms with van der Waals surface area (Å²) in [5, 5.41) is 12.3. The molecule has 0 radical (unpaired) electrons. The number of carbonyl (C=O) groups is 1. The largest absolute Gasteiger partial charge is 0.351 e. The first-order chi connectivity index (χ1) is 6.79. The molecule has 5 heteroatoms. The zero-order valence-corrected chi connectivity index (χ0v) is 9.59. The van der Waals surface area contributed by atoms with E-state index in [9.17, 15) is 4.79 Å². The molecule has 0 aliphatic rings. The van der Waals surface area contributed by atoms with Gasteiger partial charge in [0.05, 0.1) is 12.7 Å². The molecule has 2 N–H and O–H groups in total. The molecule has 0 aromatic carbocycles. The lowest BCUT2D eigenvalue weighted by atomic mass is 10.5. The molecule has 5 nitrogen and oxygen atoms in total. The number of nitrogens with zero attached hydrogens (tertiary/aromatic N) is 2. The zero-order chi connectivity index (χ0) is 11.4. The zero-order valence-electron chi connectivity index (χ0n) is 9.59. The summed E-state index contributed by atoms with van der Waals surface area (Å²) in [6.45, 7) is 9.89. The van der Waals surface area contributed by atoms with E-state index in [0.29, 0.717) is 6.54 Å². The molecule has 14 heavy (non-hydrogen) atoms. The Kier molecular flexibility index (Phi) is 12.5. The Morgan fingerprint density at radius 1 is 1.43 bits per heavy atom. The first-order valence-corrected chi connectivity index (χ1v) is 4.88. The highest BCUT2D eigenvalue weighted by Gasteiger charge is 1.94. The predicted molar refractivity (Wildman–Crippen MR) is 56.6 cm³/mol. The predicted octanol–water partition coefficient (Wildman–Crippen LogP) is 1.49. The van der Waals surface area contributed by atoms with Crippen LogP contribution < -0.4 is 5.32 Å². The van der Waals surface area contributed by atoms with E-state index in [4.69, 9.17) is 0 Å². The summed E-state index contributed by atoms with van der Waals surface area (Å²) in [7, 11) is 0. The molecular weight excluding hydrogens is 180 g/mol. The Bertz CT molecular complexity index is 209. The molecule has 0 saturated heterocycles. The third-order valence-electron chi connectivity index (χ3n) is 0.983. The van der Waals surface area contributed by atoms with Crippen molar-refractivity contribution in [2.45, 2.75) is 41.2 Å². The van der Waals surface area contributed by atoms with Crippen molar-refractivity contribution in [2.24, 2.45) is 0 Å². The average Bonchev–Trinajstić information content (AvgIpc) is 2.73. The topological polar surface area (TPSA) is 70.7 Å². The number of H-pyrrole nitrogens is 1. The van der Waals surface area contributed by atoms with Gasteiger partial charge in [-0.05, 0) is 0 Å². The van der Waals surface area contributed by atoms with Crippen LogP contribution >= 0.6 is 0 Å². The molecule has 1 amide bonds. The van der Waals surface area contributed by atoms with Gasteiger partial charge in [-0.1, -0.05) is 27.7 Å². The number of rotatable bonds is 2. The minimum Gasteiger partial charge on any atom is -0.351 e. The quantitative estimate of drug-likeness (QED) is 0.760. The summed E-state index contributed by atoms with van der Waals surface area (Å²) < 4.78 is 0. The van der Waals surface area contributed by atoms with E-state index in [2.05, 4.69) is 20.7 Å². The summed E-state index contributed by atoms with van der Waals surface area (Å²) in [5.41, 5.74) is 0.732. The Morgan fingerprint density at radius 3 is 2.36 bits per heavy atom. The first kappa shape index (κ1) is 15.1. The van der Waals surface area contributed by atoms with Crippen molar-refractivity contribution in [1.29, 1.82) is 0 Å². The number of hydrogen-bond acceptors (Lipinski definition) is 3. The minimum atomic E-state index is -0.0667. The molecule has 0 spiro atoms. The molecule has 0 aliphatic heterocycles. The standard InChI is InChI=1S/C5H8N4O.2C2H6/c1-4(10)6-2-5-3-7-9-8-5;2*1-2/h3H,2H2,1H3,(H,6,10)(H,7,8,9);2*1-2H3. The minimum absolute atomic E-state index is 0.0667. The highest BCUT2D eigenvalue weighted by Crippen LogP contribution is 1.85. The fraction of sp³-hybridized carbons (Fsp3) is 0.667. The number of aromatic nitrogens is 3. The van der Waals surface area contributed by atoms with Crippen LogP contribution in [0, 0.1) is 0 Å². The molecule has 82 valence electrons. The third kappa shape index (κ3) is 8.70. The Labute approximate surface area is 85.3 Å². The smallest absolute Gasteiger partial charge is 0.217 e. The van der Waals surface area contributed by atoms with Crippen molar-refractivity contribution in [3.8, 4) is 0 Å². The van der Waals surface area contributed by atoms with Gasteiger partial charge in [-0.15, -0.1) is 0 Å². The maximum atomic E-state index is 10.4. The summed E-state index contributed by atoms with van der Waals surface area (Å²) in [6, 6.07) is 0. The van der Waals surface area contributed by atoms with Crippen molar-refractivity contribution in [2.75, 3.05) is 0 Å². The fourth-order valence-electron chi connectivity index (χ4n) is 0.526. The van der Waals surface area contributed by atoms with E-state index >= 15 is 0 Å². The summed E-state index contributed by atoms with van der Waals surface area (Å²) in [5.74, 6) is -0.0667. The second kappa shape index (κ2) is 11.6. The van der Waals surface area contributed by atoms with Crippen LogP contribution in [0.2, 0.25) is 0 Å². The van der Waals surface area contributed by atoms with E-state index in [1.54, 1.807) is 6.20 Å². The van der Waals surface area contributed by atoms with Crippen LogP contribution in [-0.2, 0) is 11.3 Å². The van der Waals surface area contributed by atoms with Crippen molar-refractivity contribution in [3.63, 3.8) is 0 Å². The van der Waals surface area contributed by atoms with Gasteiger partial charge in [0.2, 0.25) is 5.91 Å². The van der Waals surface area contributed by atoms with Crippen LogP contribution in [0.15, 0.2) is 6.20 Å². The van der Waals surface area contributed by atoms with Gasteiger partial charge >= 0.3 is 0 Å². The number of amides is 1. The second-order valence-electron chi connectivity index (χ2n) is 1.87. The molecule has 0 fully saturated rings. The van der Waals surface area contributed by atoms with Crippen molar-refractivity contribution < 1.29 is 4.79 Å². The maximum absolute atomic E-state index is 10.4. The average molecular weight is 200 g/mol. The van der Waals surface area contributed by atoms with Gasteiger partial charge < -0.3 is 5.32 Å². The van der Waals surface area contributed by atoms with Crippen LogP contribution in [-0.4, -0.2) is 21.3 Å². The van der Waals surface area contributed by atoms with Crippen LogP contribution in [0.1, 0.15) is 40.3 Å². The lowest BCUT2D eigenvalue weighted by Crippen LogP contribution is -2.18. The van der Waals surface area contributed by atoms with Crippen LogP contribution in [0.4, 0.5) is 0 Å². The van der Waals surface area contributed by atoms with Gasteiger partial charge in [-0.3, -0.25) is 4.79 Å². The molecule has 0 bridgehead atoms. The molecule has 1 heterocycles. The van der Waals surface area contributed by atoms with Gasteiger partial charge in [0, 0.05) is 6.92 Å². The lowest BCUT2D eigenvalue weighted by Gasteiger charge is -1.94. The van der Waals surface area contributed by atoms with Gasteiger partial charge in [-0.2, -0.15) is 15.4 Å². The van der Waals surface area contributed by atoms with Crippen LogP contribution in [0.3, 0.4) is 0 Å².